The standard InChI is InChI=1S/C13H20N2O/c1-4-15-11-8-13(2,3)7-10(14)9(11)5-6-12(15)16/h5-6,10H,4,7-8,14H2,1-3H3. The van der Waals surface area contributed by atoms with Gasteiger partial charge < -0.3 is 10.3 Å². The highest BCUT2D eigenvalue weighted by atomic mass is 16.1. The topological polar surface area (TPSA) is 48.0 Å². The number of hydrogen-bond acceptors (Lipinski definition) is 2. The van der Waals surface area contributed by atoms with E-state index < -0.39 is 0 Å². The van der Waals surface area contributed by atoms with Crippen LogP contribution in [0.15, 0.2) is 16.9 Å². The number of aromatic nitrogens is 1. The molecule has 0 saturated heterocycles. The van der Waals surface area contributed by atoms with Crippen LogP contribution < -0.4 is 11.3 Å². The lowest BCUT2D eigenvalue weighted by Crippen LogP contribution is -2.35. The lowest BCUT2D eigenvalue weighted by molar-refractivity contribution is 0.271. The number of fused-ring (bicyclic) bond motifs is 1. The third-order valence-corrected chi connectivity index (χ3v) is 3.46. The van der Waals surface area contributed by atoms with Crippen molar-refractivity contribution in [3.05, 3.63) is 33.7 Å². The second kappa shape index (κ2) is 3.74. The van der Waals surface area contributed by atoms with Crippen LogP contribution in [0.25, 0.3) is 0 Å². The molecule has 0 amide bonds. The Kier molecular flexibility index (Phi) is 2.66. The van der Waals surface area contributed by atoms with E-state index in [0.717, 1.165) is 30.6 Å². The normalized spacial score (nSPS) is 22.9. The molecule has 0 spiro atoms. The predicted octanol–water partition coefficient (Wildman–Crippen LogP) is 1.84. The van der Waals surface area contributed by atoms with Gasteiger partial charge in [-0.1, -0.05) is 19.9 Å². The third kappa shape index (κ3) is 1.80. The fraction of sp³-hybridized carbons (Fsp3) is 0.615. The van der Waals surface area contributed by atoms with E-state index in [1.54, 1.807) is 6.07 Å². The molecule has 2 N–H and O–H groups in total. The lowest BCUT2D eigenvalue weighted by Gasteiger charge is -2.36. The molecule has 1 heterocycles. The number of hydrogen-bond donors (Lipinski definition) is 1. The van der Waals surface area contributed by atoms with Gasteiger partial charge in [0.15, 0.2) is 0 Å². The van der Waals surface area contributed by atoms with Gasteiger partial charge in [0.05, 0.1) is 0 Å². The van der Waals surface area contributed by atoms with Crippen molar-refractivity contribution in [2.45, 2.75) is 46.2 Å². The van der Waals surface area contributed by atoms with Crippen LogP contribution in [0.1, 0.15) is 44.5 Å². The zero-order valence-corrected chi connectivity index (χ0v) is 10.3. The SMILES string of the molecule is CCn1c2c(ccc1=O)C(N)CC(C)(C)C2. The van der Waals surface area contributed by atoms with E-state index in [1.807, 2.05) is 17.6 Å². The monoisotopic (exact) mass is 220 g/mol. The van der Waals surface area contributed by atoms with E-state index in [2.05, 4.69) is 13.8 Å². The third-order valence-electron chi connectivity index (χ3n) is 3.46. The molecule has 0 aromatic carbocycles. The lowest BCUT2D eigenvalue weighted by atomic mass is 9.74. The second-order valence-corrected chi connectivity index (χ2v) is 5.47. The molecular weight excluding hydrogens is 200 g/mol. The van der Waals surface area contributed by atoms with Crippen LogP contribution in [0.4, 0.5) is 0 Å². The molecule has 1 atom stereocenters. The minimum Gasteiger partial charge on any atom is -0.324 e. The van der Waals surface area contributed by atoms with Crippen molar-refractivity contribution in [3.8, 4) is 0 Å². The van der Waals surface area contributed by atoms with E-state index in [0.29, 0.717) is 0 Å². The predicted molar refractivity (Wildman–Crippen MR) is 65.4 cm³/mol. The molecule has 16 heavy (non-hydrogen) atoms. The van der Waals surface area contributed by atoms with Gasteiger partial charge >= 0.3 is 0 Å². The van der Waals surface area contributed by atoms with Crippen LogP contribution in [0.3, 0.4) is 0 Å². The molecule has 1 aromatic rings. The van der Waals surface area contributed by atoms with Gasteiger partial charge in [0.25, 0.3) is 5.56 Å². The van der Waals surface area contributed by atoms with Crippen molar-refractivity contribution < 1.29 is 0 Å². The molecule has 88 valence electrons. The van der Waals surface area contributed by atoms with Crippen molar-refractivity contribution in [2.75, 3.05) is 0 Å². The Balaban J connectivity index is 2.61. The van der Waals surface area contributed by atoms with Crippen molar-refractivity contribution in [1.82, 2.24) is 4.57 Å². The minimum atomic E-state index is 0.0668. The van der Waals surface area contributed by atoms with Crippen LogP contribution in [-0.4, -0.2) is 4.57 Å². The van der Waals surface area contributed by atoms with Gasteiger partial charge in [-0.15, -0.1) is 0 Å². The maximum Gasteiger partial charge on any atom is 0.250 e. The summed E-state index contributed by atoms with van der Waals surface area (Å²) >= 11 is 0. The summed E-state index contributed by atoms with van der Waals surface area (Å²) in [6.07, 6.45) is 1.93. The van der Waals surface area contributed by atoms with Crippen molar-refractivity contribution in [1.29, 1.82) is 0 Å². The van der Waals surface area contributed by atoms with Crippen LogP contribution >= 0.6 is 0 Å². The molecule has 2 rings (SSSR count). The maximum atomic E-state index is 11.8. The first-order chi connectivity index (χ1) is 7.44. The fourth-order valence-corrected chi connectivity index (χ4v) is 2.75. The van der Waals surface area contributed by atoms with Gasteiger partial charge in [0, 0.05) is 24.3 Å². The molecular formula is C13H20N2O. The fourth-order valence-electron chi connectivity index (χ4n) is 2.75. The van der Waals surface area contributed by atoms with Gasteiger partial charge in [-0.05, 0) is 30.7 Å². The highest BCUT2D eigenvalue weighted by molar-refractivity contribution is 5.29. The summed E-state index contributed by atoms with van der Waals surface area (Å²) in [5, 5.41) is 0. The summed E-state index contributed by atoms with van der Waals surface area (Å²) in [6.45, 7) is 7.17. The minimum absolute atomic E-state index is 0.0668. The Bertz CT molecular complexity index is 459. The van der Waals surface area contributed by atoms with Crippen molar-refractivity contribution >= 4 is 0 Å². The van der Waals surface area contributed by atoms with E-state index in [4.69, 9.17) is 5.73 Å². The Morgan fingerprint density at radius 2 is 2.19 bits per heavy atom. The van der Waals surface area contributed by atoms with Gasteiger partial charge in [0.1, 0.15) is 0 Å². The number of pyridine rings is 1. The molecule has 1 unspecified atom stereocenters. The average molecular weight is 220 g/mol. The molecule has 0 aliphatic heterocycles. The summed E-state index contributed by atoms with van der Waals surface area (Å²) in [6, 6.07) is 3.61. The Morgan fingerprint density at radius 1 is 1.50 bits per heavy atom. The van der Waals surface area contributed by atoms with Crippen molar-refractivity contribution in [3.63, 3.8) is 0 Å². The number of nitrogens with two attached hydrogens (primary N) is 1. The molecule has 3 nitrogen and oxygen atoms in total. The van der Waals surface area contributed by atoms with Gasteiger partial charge in [-0.25, -0.2) is 0 Å². The Labute approximate surface area is 96.3 Å². The summed E-state index contributed by atoms with van der Waals surface area (Å²) in [5.74, 6) is 0. The van der Waals surface area contributed by atoms with Crippen LogP contribution in [-0.2, 0) is 13.0 Å². The maximum absolute atomic E-state index is 11.8. The second-order valence-electron chi connectivity index (χ2n) is 5.47. The van der Waals surface area contributed by atoms with Gasteiger partial charge in [-0.2, -0.15) is 0 Å². The van der Waals surface area contributed by atoms with E-state index in [9.17, 15) is 4.79 Å². The molecule has 0 saturated carbocycles. The van der Waals surface area contributed by atoms with E-state index in [1.165, 1.54) is 0 Å². The first-order valence-electron chi connectivity index (χ1n) is 5.93. The largest absolute Gasteiger partial charge is 0.324 e. The Morgan fingerprint density at radius 3 is 2.81 bits per heavy atom. The summed E-state index contributed by atoms with van der Waals surface area (Å²) in [4.78, 5) is 11.8. The van der Waals surface area contributed by atoms with Crippen LogP contribution in [0.5, 0.6) is 0 Å². The molecule has 0 bridgehead atoms. The highest BCUT2D eigenvalue weighted by Crippen LogP contribution is 2.38. The van der Waals surface area contributed by atoms with Crippen LogP contribution in [0, 0.1) is 5.41 Å². The van der Waals surface area contributed by atoms with Crippen molar-refractivity contribution in [2.24, 2.45) is 11.1 Å². The molecule has 0 fully saturated rings. The number of nitrogens with zero attached hydrogens (tertiary/aromatic N) is 1. The molecule has 1 aromatic heterocycles. The van der Waals surface area contributed by atoms with E-state index in [-0.39, 0.29) is 17.0 Å². The van der Waals surface area contributed by atoms with E-state index >= 15 is 0 Å². The molecule has 1 aliphatic carbocycles. The van der Waals surface area contributed by atoms with Gasteiger partial charge in [0.2, 0.25) is 0 Å². The summed E-state index contributed by atoms with van der Waals surface area (Å²) in [5.41, 5.74) is 8.75. The van der Waals surface area contributed by atoms with Crippen LogP contribution in [0.2, 0.25) is 0 Å². The smallest absolute Gasteiger partial charge is 0.250 e. The number of rotatable bonds is 1. The Hall–Kier alpha value is -1.09. The average Bonchev–Trinajstić information content (AvgIpc) is 2.15. The quantitative estimate of drug-likeness (QED) is 0.785. The molecule has 0 radical (unpaired) electrons. The zero-order chi connectivity index (χ0) is 11.9. The summed E-state index contributed by atoms with van der Waals surface area (Å²) in [7, 11) is 0. The summed E-state index contributed by atoms with van der Waals surface area (Å²) < 4.78 is 1.86. The first-order valence-corrected chi connectivity index (χ1v) is 5.93. The molecule has 3 heteroatoms. The molecule has 1 aliphatic rings. The van der Waals surface area contributed by atoms with Gasteiger partial charge in [-0.3, -0.25) is 4.79 Å². The first kappa shape index (κ1) is 11.4. The zero-order valence-electron chi connectivity index (χ0n) is 10.3. The highest BCUT2D eigenvalue weighted by Gasteiger charge is 2.31.